The molecule has 1 saturated heterocycles. The summed E-state index contributed by atoms with van der Waals surface area (Å²) in [6.07, 6.45) is 1.77. The Bertz CT molecular complexity index is 647. The molecule has 1 amide bonds. The minimum absolute atomic E-state index is 0.0238. The van der Waals surface area contributed by atoms with Crippen molar-refractivity contribution >= 4 is 33.7 Å². The zero-order chi connectivity index (χ0) is 16.9. The van der Waals surface area contributed by atoms with Crippen molar-refractivity contribution in [3.63, 3.8) is 0 Å². The topological polar surface area (TPSA) is 54.5 Å². The van der Waals surface area contributed by atoms with Gasteiger partial charge in [0.15, 0.2) is 5.13 Å². The van der Waals surface area contributed by atoms with Gasteiger partial charge in [-0.2, -0.15) is 11.3 Å². The van der Waals surface area contributed by atoms with Gasteiger partial charge in [-0.25, -0.2) is 4.98 Å². The second-order valence-electron chi connectivity index (χ2n) is 6.28. The van der Waals surface area contributed by atoms with Crippen LogP contribution in [0.3, 0.4) is 0 Å². The van der Waals surface area contributed by atoms with Crippen LogP contribution in [0, 0.1) is 0 Å². The molecule has 0 unspecified atom stereocenters. The fourth-order valence-electron chi connectivity index (χ4n) is 2.95. The van der Waals surface area contributed by atoms with Gasteiger partial charge >= 0.3 is 0 Å². The van der Waals surface area contributed by atoms with E-state index in [9.17, 15) is 4.79 Å². The van der Waals surface area contributed by atoms with E-state index in [1.807, 2.05) is 10.8 Å². The molecule has 0 bridgehead atoms. The molecule has 130 valence electrons. The van der Waals surface area contributed by atoms with Crippen LogP contribution in [-0.4, -0.2) is 41.1 Å². The van der Waals surface area contributed by atoms with Crippen molar-refractivity contribution in [2.24, 2.45) is 0 Å². The fraction of sp³-hybridized carbons (Fsp3) is 0.529. The summed E-state index contributed by atoms with van der Waals surface area (Å²) in [6, 6.07) is 2.06. The van der Waals surface area contributed by atoms with Crippen LogP contribution in [0.4, 0.5) is 5.13 Å². The summed E-state index contributed by atoms with van der Waals surface area (Å²) < 4.78 is 5.75. The molecule has 0 aliphatic carbocycles. The molecular weight excluding hydrogens is 342 g/mol. The molecule has 0 spiro atoms. The van der Waals surface area contributed by atoms with Crippen LogP contribution in [-0.2, 0) is 22.5 Å². The highest BCUT2D eigenvalue weighted by Crippen LogP contribution is 2.19. The zero-order valence-electron chi connectivity index (χ0n) is 14.0. The van der Waals surface area contributed by atoms with Crippen molar-refractivity contribution in [1.29, 1.82) is 0 Å². The molecule has 2 atom stereocenters. The Labute approximate surface area is 150 Å². The Hall–Kier alpha value is -1.28. The molecule has 24 heavy (non-hydrogen) atoms. The van der Waals surface area contributed by atoms with Crippen LogP contribution < -0.4 is 5.32 Å². The van der Waals surface area contributed by atoms with Gasteiger partial charge in [-0.3, -0.25) is 9.69 Å². The Kier molecular flexibility index (Phi) is 5.99. The largest absolute Gasteiger partial charge is 0.373 e. The van der Waals surface area contributed by atoms with E-state index in [-0.39, 0.29) is 18.1 Å². The fourth-order valence-corrected chi connectivity index (χ4v) is 4.37. The summed E-state index contributed by atoms with van der Waals surface area (Å²) >= 11 is 3.15. The molecule has 1 aliphatic rings. The maximum absolute atomic E-state index is 12.0. The summed E-state index contributed by atoms with van der Waals surface area (Å²) in [5.41, 5.74) is 2.22. The number of thiophene rings is 1. The van der Waals surface area contributed by atoms with Gasteiger partial charge < -0.3 is 10.1 Å². The number of morpholine rings is 1. The Morgan fingerprint density at radius 3 is 2.88 bits per heavy atom. The van der Waals surface area contributed by atoms with Crippen molar-refractivity contribution in [3.8, 4) is 0 Å². The van der Waals surface area contributed by atoms with Crippen molar-refractivity contribution < 1.29 is 9.53 Å². The highest BCUT2D eigenvalue weighted by molar-refractivity contribution is 7.13. The number of anilines is 1. The van der Waals surface area contributed by atoms with Crippen molar-refractivity contribution in [2.45, 2.75) is 45.4 Å². The van der Waals surface area contributed by atoms with Crippen LogP contribution in [0.5, 0.6) is 0 Å². The summed E-state index contributed by atoms with van der Waals surface area (Å²) in [7, 11) is 0. The molecular formula is C17H23N3O2S2. The lowest BCUT2D eigenvalue weighted by Crippen LogP contribution is -2.44. The molecule has 1 N–H and O–H groups in total. The van der Waals surface area contributed by atoms with E-state index in [0.29, 0.717) is 11.6 Å². The highest BCUT2D eigenvalue weighted by atomic mass is 32.1. The summed E-state index contributed by atoms with van der Waals surface area (Å²) in [5.74, 6) is 0.0238. The van der Waals surface area contributed by atoms with Gasteiger partial charge in [0.05, 0.1) is 17.9 Å². The van der Waals surface area contributed by atoms with Crippen LogP contribution >= 0.6 is 22.7 Å². The normalized spacial score (nSPS) is 21.8. The number of aryl methyl sites for hydroxylation is 1. The van der Waals surface area contributed by atoms with E-state index in [1.165, 1.54) is 16.9 Å². The quantitative estimate of drug-likeness (QED) is 0.853. The van der Waals surface area contributed by atoms with Crippen LogP contribution in [0.25, 0.3) is 0 Å². The number of nitrogens with one attached hydrogen (secondary N) is 1. The van der Waals surface area contributed by atoms with E-state index in [4.69, 9.17) is 4.74 Å². The molecule has 0 aromatic carbocycles. The van der Waals surface area contributed by atoms with Crippen LogP contribution in [0.1, 0.15) is 31.5 Å². The molecule has 2 aromatic heterocycles. The second-order valence-corrected chi connectivity index (χ2v) is 7.91. The first-order chi connectivity index (χ1) is 11.6. The van der Waals surface area contributed by atoms with Gasteiger partial charge in [-0.15, -0.1) is 11.3 Å². The summed E-state index contributed by atoms with van der Waals surface area (Å²) in [4.78, 5) is 18.9. The van der Waals surface area contributed by atoms with E-state index >= 15 is 0 Å². The SMILES string of the molecule is C[C@@H]1CN(Cc2csc(NC(=O)CCc3ccsc3)n2)C[C@@H](C)O1. The number of hydrogen-bond donors (Lipinski definition) is 1. The number of carbonyl (C=O) groups is 1. The number of rotatable bonds is 6. The van der Waals surface area contributed by atoms with E-state index < -0.39 is 0 Å². The third-order valence-electron chi connectivity index (χ3n) is 3.90. The number of hydrogen-bond acceptors (Lipinski definition) is 6. The maximum Gasteiger partial charge on any atom is 0.226 e. The van der Waals surface area contributed by atoms with Crippen LogP contribution in [0.2, 0.25) is 0 Å². The minimum atomic E-state index is 0.0238. The second kappa shape index (κ2) is 8.20. The number of thiazole rings is 1. The number of nitrogens with zero attached hydrogens (tertiary/aromatic N) is 2. The molecule has 7 heteroatoms. The third-order valence-corrected chi connectivity index (χ3v) is 5.44. The first kappa shape index (κ1) is 17.5. The van der Waals surface area contributed by atoms with Crippen molar-refractivity contribution in [1.82, 2.24) is 9.88 Å². The molecule has 0 saturated carbocycles. The van der Waals surface area contributed by atoms with Crippen LogP contribution in [0.15, 0.2) is 22.2 Å². The lowest BCUT2D eigenvalue weighted by atomic mass is 10.2. The lowest BCUT2D eigenvalue weighted by molar-refractivity contribution is -0.116. The Morgan fingerprint density at radius 2 is 2.17 bits per heavy atom. The standard InChI is InChI=1S/C17H23N3O2S2/c1-12-7-20(8-13(2)22-12)9-15-11-24-17(18-15)19-16(21)4-3-14-5-6-23-10-14/h5-6,10-13H,3-4,7-9H2,1-2H3,(H,18,19,21)/t12-,13-/m1/s1. The van der Waals surface area contributed by atoms with Gasteiger partial charge in [0.2, 0.25) is 5.91 Å². The average Bonchev–Trinajstić information content (AvgIpc) is 3.16. The molecule has 1 fully saturated rings. The molecule has 1 aliphatic heterocycles. The van der Waals surface area contributed by atoms with E-state index in [1.54, 1.807) is 11.3 Å². The zero-order valence-corrected chi connectivity index (χ0v) is 15.7. The molecule has 0 radical (unpaired) electrons. The van der Waals surface area contributed by atoms with Gasteiger partial charge in [-0.1, -0.05) is 0 Å². The monoisotopic (exact) mass is 365 g/mol. The third kappa shape index (κ3) is 5.11. The van der Waals surface area contributed by atoms with Gasteiger partial charge in [-0.05, 0) is 42.7 Å². The number of amides is 1. The summed E-state index contributed by atoms with van der Waals surface area (Å²) in [5, 5.41) is 9.74. The minimum Gasteiger partial charge on any atom is -0.373 e. The predicted molar refractivity (Wildman–Crippen MR) is 98.7 cm³/mol. The number of aromatic nitrogens is 1. The van der Waals surface area contributed by atoms with E-state index in [0.717, 1.165) is 31.7 Å². The molecule has 3 heterocycles. The van der Waals surface area contributed by atoms with Gasteiger partial charge in [0.25, 0.3) is 0 Å². The number of carbonyl (C=O) groups excluding carboxylic acids is 1. The summed E-state index contributed by atoms with van der Waals surface area (Å²) in [6.45, 7) is 6.85. The van der Waals surface area contributed by atoms with Crippen molar-refractivity contribution in [3.05, 3.63) is 33.5 Å². The Balaban J connectivity index is 1.47. The molecule has 2 aromatic rings. The average molecular weight is 366 g/mol. The lowest BCUT2D eigenvalue weighted by Gasteiger charge is -2.34. The predicted octanol–water partition coefficient (Wildman–Crippen LogP) is 3.39. The number of ether oxygens (including phenoxy) is 1. The first-order valence-corrected chi connectivity index (χ1v) is 10.0. The molecule has 5 nitrogen and oxygen atoms in total. The Morgan fingerprint density at radius 1 is 1.38 bits per heavy atom. The first-order valence-electron chi connectivity index (χ1n) is 8.21. The van der Waals surface area contributed by atoms with Crippen molar-refractivity contribution in [2.75, 3.05) is 18.4 Å². The highest BCUT2D eigenvalue weighted by Gasteiger charge is 2.22. The maximum atomic E-state index is 12.0. The smallest absolute Gasteiger partial charge is 0.226 e. The van der Waals surface area contributed by atoms with Gasteiger partial charge in [0, 0.05) is 31.4 Å². The van der Waals surface area contributed by atoms with E-state index in [2.05, 4.69) is 40.5 Å². The molecule has 3 rings (SSSR count). The van der Waals surface area contributed by atoms with Gasteiger partial charge in [0.1, 0.15) is 0 Å².